The second kappa shape index (κ2) is 18.3. The summed E-state index contributed by atoms with van der Waals surface area (Å²) in [7, 11) is 0. The number of allylic oxidation sites excluding steroid dienone is 6. The number of rotatable bonds is 12. The molecule has 1 amide bonds. The summed E-state index contributed by atoms with van der Waals surface area (Å²) in [5.41, 5.74) is 1.35. The standard InChI is InChI=1S/C22H31Cl2NO2.C2H6/c1-7-9-14-18(5)25-22(26)17(4)13-10-12-16(3)15-27-19(6)21(24)20(23)11-8-2;1-2/h8,10-13,18H,4,6-7,9,14-15H2,1-3,5H3,(H,25,26);1-2H3/b11-8-,13-10-,16-12+,21-20-;. The smallest absolute Gasteiger partial charge is 0.250 e. The average Bonchev–Trinajstić information content (AvgIpc) is 2.71. The normalized spacial score (nSPS) is 13.4. The van der Waals surface area contributed by atoms with Gasteiger partial charge in [0.2, 0.25) is 0 Å². The molecule has 1 unspecified atom stereocenters. The first-order valence-corrected chi connectivity index (χ1v) is 10.8. The Balaban J connectivity index is 0. The fraction of sp³-hybridized carbons (Fsp3) is 0.458. The summed E-state index contributed by atoms with van der Waals surface area (Å²) >= 11 is 12.1. The zero-order chi connectivity index (χ0) is 22.8. The van der Waals surface area contributed by atoms with Crippen molar-refractivity contribution in [1.29, 1.82) is 0 Å². The number of ether oxygens (including phenoxy) is 1. The van der Waals surface area contributed by atoms with Crippen molar-refractivity contribution < 1.29 is 9.53 Å². The molecule has 0 aliphatic heterocycles. The molecule has 164 valence electrons. The molecule has 0 fully saturated rings. The molecule has 5 heteroatoms. The van der Waals surface area contributed by atoms with Gasteiger partial charge in [-0.25, -0.2) is 0 Å². The molecule has 0 aromatic heterocycles. The van der Waals surface area contributed by atoms with Gasteiger partial charge in [-0.2, -0.15) is 0 Å². The van der Waals surface area contributed by atoms with Crippen LogP contribution in [0.4, 0.5) is 0 Å². The monoisotopic (exact) mass is 441 g/mol. The second-order valence-corrected chi connectivity index (χ2v) is 7.07. The van der Waals surface area contributed by atoms with Crippen LogP contribution in [0, 0.1) is 0 Å². The van der Waals surface area contributed by atoms with E-state index in [9.17, 15) is 4.79 Å². The highest BCUT2D eigenvalue weighted by atomic mass is 35.5. The van der Waals surface area contributed by atoms with Gasteiger partial charge in [-0.05, 0) is 38.8 Å². The van der Waals surface area contributed by atoms with Crippen LogP contribution >= 0.6 is 23.2 Å². The maximum atomic E-state index is 12.0. The molecular weight excluding hydrogens is 405 g/mol. The van der Waals surface area contributed by atoms with Crippen molar-refractivity contribution >= 4 is 29.1 Å². The summed E-state index contributed by atoms with van der Waals surface area (Å²) in [6.45, 7) is 19.8. The van der Waals surface area contributed by atoms with Crippen molar-refractivity contribution in [3.05, 3.63) is 70.5 Å². The molecule has 1 N–H and O–H groups in total. The Morgan fingerprint density at radius 3 is 2.38 bits per heavy atom. The van der Waals surface area contributed by atoms with Gasteiger partial charge in [-0.3, -0.25) is 4.79 Å². The van der Waals surface area contributed by atoms with Crippen molar-refractivity contribution in [2.45, 2.75) is 66.8 Å². The second-order valence-electron chi connectivity index (χ2n) is 6.29. The van der Waals surface area contributed by atoms with Gasteiger partial charge < -0.3 is 10.1 Å². The van der Waals surface area contributed by atoms with Gasteiger partial charge in [0, 0.05) is 11.6 Å². The SMILES string of the molecule is C=C(/C=C\C=C(/C)COC(=C)/C(Cl)=C(Cl)\C=C/C)C(=O)NC(C)CCCC.CC. The fourth-order valence-electron chi connectivity index (χ4n) is 1.97. The van der Waals surface area contributed by atoms with Crippen molar-refractivity contribution in [3.8, 4) is 0 Å². The molecule has 0 saturated carbocycles. The molecule has 0 aliphatic rings. The average molecular weight is 442 g/mol. The van der Waals surface area contributed by atoms with E-state index >= 15 is 0 Å². The van der Waals surface area contributed by atoms with Crippen LogP contribution in [0.3, 0.4) is 0 Å². The maximum Gasteiger partial charge on any atom is 0.250 e. The zero-order valence-electron chi connectivity index (χ0n) is 18.8. The van der Waals surface area contributed by atoms with Crippen LogP contribution < -0.4 is 5.32 Å². The van der Waals surface area contributed by atoms with E-state index in [0.29, 0.717) is 23.0 Å². The van der Waals surface area contributed by atoms with Crippen LogP contribution in [-0.2, 0) is 9.53 Å². The minimum atomic E-state index is -0.152. The van der Waals surface area contributed by atoms with Gasteiger partial charge in [0.05, 0.1) is 5.03 Å². The lowest BCUT2D eigenvalue weighted by Crippen LogP contribution is -2.32. The van der Waals surface area contributed by atoms with Crippen molar-refractivity contribution in [1.82, 2.24) is 5.32 Å². The van der Waals surface area contributed by atoms with E-state index in [0.717, 1.165) is 24.8 Å². The summed E-state index contributed by atoms with van der Waals surface area (Å²) < 4.78 is 5.52. The molecule has 1 atom stereocenters. The highest BCUT2D eigenvalue weighted by molar-refractivity contribution is 6.41. The Labute approximate surface area is 187 Å². The molecule has 0 saturated heterocycles. The highest BCUT2D eigenvalue weighted by Gasteiger charge is 2.08. The van der Waals surface area contributed by atoms with E-state index in [1.807, 2.05) is 40.7 Å². The summed E-state index contributed by atoms with van der Waals surface area (Å²) in [4.78, 5) is 12.0. The topological polar surface area (TPSA) is 38.3 Å². The Kier molecular flexibility index (Phi) is 18.6. The quantitative estimate of drug-likeness (QED) is 0.192. The van der Waals surface area contributed by atoms with Crippen LogP contribution in [-0.4, -0.2) is 18.6 Å². The molecule has 0 aliphatic carbocycles. The third-order valence-corrected chi connectivity index (χ3v) is 4.41. The lowest BCUT2D eigenvalue weighted by Gasteiger charge is -2.13. The van der Waals surface area contributed by atoms with Gasteiger partial charge in [-0.15, -0.1) is 0 Å². The molecule has 0 aromatic rings. The van der Waals surface area contributed by atoms with Crippen LogP contribution in [0.5, 0.6) is 0 Å². The first-order valence-electron chi connectivity index (χ1n) is 10.1. The minimum Gasteiger partial charge on any atom is -0.488 e. The number of nitrogens with one attached hydrogen (secondary N) is 1. The molecule has 0 radical (unpaired) electrons. The number of halogens is 2. The largest absolute Gasteiger partial charge is 0.488 e. The predicted octanol–water partition coefficient (Wildman–Crippen LogP) is 7.56. The maximum absolute atomic E-state index is 12.0. The molecule has 0 spiro atoms. The Hall–Kier alpha value is -1.71. The van der Waals surface area contributed by atoms with Crippen LogP contribution in [0.1, 0.15) is 60.8 Å². The Morgan fingerprint density at radius 2 is 1.83 bits per heavy atom. The predicted molar refractivity (Wildman–Crippen MR) is 129 cm³/mol. The van der Waals surface area contributed by atoms with Crippen molar-refractivity contribution in [2.75, 3.05) is 6.61 Å². The summed E-state index contributed by atoms with van der Waals surface area (Å²) in [5.74, 6) is 0.155. The van der Waals surface area contributed by atoms with E-state index in [1.54, 1.807) is 24.3 Å². The number of carbonyl (C=O) groups is 1. The van der Waals surface area contributed by atoms with E-state index in [2.05, 4.69) is 25.4 Å². The van der Waals surface area contributed by atoms with E-state index < -0.39 is 0 Å². The molecular formula is C24H37Cl2NO2. The Morgan fingerprint density at radius 1 is 1.21 bits per heavy atom. The van der Waals surface area contributed by atoms with Crippen molar-refractivity contribution in [3.63, 3.8) is 0 Å². The Bertz CT molecular complexity index is 643. The van der Waals surface area contributed by atoms with Crippen LogP contribution in [0.25, 0.3) is 0 Å². The zero-order valence-corrected chi connectivity index (χ0v) is 20.3. The molecule has 0 rings (SSSR count). The fourth-order valence-corrected chi connectivity index (χ4v) is 2.32. The van der Waals surface area contributed by atoms with E-state index in [-0.39, 0.29) is 17.0 Å². The minimum absolute atomic E-state index is 0.145. The van der Waals surface area contributed by atoms with E-state index in [4.69, 9.17) is 27.9 Å². The van der Waals surface area contributed by atoms with Crippen molar-refractivity contribution in [2.24, 2.45) is 0 Å². The van der Waals surface area contributed by atoms with Gasteiger partial charge in [0.25, 0.3) is 5.91 Å². The number of hydrogen-bond donors (Lipinski definition) is 1. The number of hydrogen-bond acceptors (Lipinski definition) is 2. The van der Waals surface area contributed by atoms with Gasteiger partial charge in [0.1, 0.15) is 17.4 Å². The number of carbonyl (C=O) groups excluding carboxylic acids is 1. The summed E-state index contributed by atoms with van der Waals surface area (Å²) in [6, 6.07) is 0.145. The third-order valence-electron chi connectivity index (χ3n) is 3.58. The summed E-state index contributed by atoms with van der Waals surface area (Å²) in [5, 5.41) is 3.60. The third kappa shape index (κ3) is 14.9. The summed E-state index contributed by atoms with van der Waals surface area (Å²) in [6.07, 6.45) is 11.9. The van der Waals surface area contributed by atoms with E-state index in [1.165, 1.54) is 0 Å². The molecule has 0 aromatic carbocycles. The lowest BCUT2D eigenvalue weighted by molar-refractivity contribution is -0.117. The highest BCUT2D eigenvalue weighted by Crippen LogP contribution is 2.23. The molecule has 0 bridgehead atoms. The first kappa shape index (κ1) is 29.5. The van der Waals surface area contributed by atoms with Crippen LogP contribution in [0.2, 0.25) is 0 Å². The molecule has 0 heterocycles. The number of unbranched alkanes of at least 4 members (excludes halogenated alkanes) is 1. The van der Waals surface area contributed by atoms with Gasteiger partial charge >= 0.3 is 0 Å². The lowest BCUT2D eigenvalue weighted by atomic mass is 10.1. The molecule has 3 nitrogen and oxygen atoms in total. The van der Waals surface area contributed by atoms with Gasteiger partial charge in [-0.1, -0.05) is 94.3 Å². The number of amides is 1. The van der Waals surface area contributed by atoms with Gasteiger partial charge in [0.15, 0.2) is 0 Å². The van der Waals surface area contributed by atoms with Crippen LogP contribution in [0.15, 0.2) is 70.5 Å². The first-order chi connectivity index (χ1) is 13.7. The molecule has 29 heavy (non-hydrogen) atoms.